The Labute approximate surface area is 126 Å². The van der Waals surface area contributed by atoms with Crippen LogP contribution in [0, 0.1) is 0 Å². The second-order valence-corrected chi connectivity index (χ2v) is 5.05. The number of hydrogen-bond donors (Lipinski definition) is 6. The first kappa shape index (κ1) is 18.7. The van der Waals surface area contributed by atoms with E-state index in [-0.39, 0.29) is 13.2 Å². The Bertz CT molecular complexity index is 393. The van der Waals surface area contributed by atoms with Gasteiger partial charge in [0.1, 0.15) is 18.3 Å². The molecule has 1 heterocycles. The third-order valence-corrected chi connectivity index (χ3v) is 3.22. The molecular weight excluding hydrogens is 300 g/mol. The quantitative estimate of drug-likeness (QED) is 0.263. The summed E-state index contributed by atoms with van der Waals surface area (Å²) < 4.78 is 10.4. The molecule has 10 heteroatoms. The molecule has 1 saturated heterocycles. The topological polar surface area (TPSA) is 172 Å². The highest BCUT2D eigenvalue weighted by Crippen LogP contribution is 2.21. The Balaban J connectivity index is 2.29. The normalized spacial score (nSPS) is 33.2. The second kappa shape index (κ2) is 8.36. The molecule has 1 aliphatic rings. The van der Waals surface area contributed by atoms with E-state index in [2.05, 4.69) is 5.32 Å². The van der Waals surface area contributed by atoms with Crippen molar-refractivity contribution in [1.82, 2.24) is 5.32 Å². The number of aliphatic carboxylic acids is 1. The van der Waals surface area contributed by atoms with Crippen molar-refractivity contribution >= 4 is 11.9 Å². The van der Waals surface area contributed by atoms with Crippen molar-refractivity contribution in [2.45, 2.75) is 50.1 Å². The minimum atomic E-state index is -1.42. The number of nitrogens with two attached hydrogens (primary N) is 1. The van der Waals surface area contributed by atoms with Crippen molar-refractivity contribution in [3.05, 3.63) is 0 Å². The van der Waals surface area contributed by atoms with Crippen molar-refractivity contribution in [2.24, 2.45) is 5.73 Å². The molecule has 0 spiro atoms. The Morgan fingerprint density at radius 2 is 1.91 bits per heavy atom. The van der Waals surface area contributed by atoms with Crippen molar-refractivity contribution in [1.29, 1.82) is 0 Å². The molecule has 1 aliphatic heterocycles. The smallest absolute Gasteiger partial charge is 0.305 e. The summed E-state index contributed by atoms with van der Waals surface area (Å²) in [6.45, 7) is 1.48. The predicted molar refractivity (Wildman–Crippen MR) is 71.5 cm³/mol. The van der Waals surface area contributed by atoms with E-state index in [0.29, 0.717) is 0 Å². The highest BCUT2D eigenvalue weighted by atomic mass is 16.7. The lowest BCUT2D eigenvalue weighted by molar-refractivity contribution is -0.292. The fourth-order valence-electron chi connectivity index (χ4n) is 1.91. The molecular formula is C12H22N2O8. The number of aliphatic hydroxyl groups excluding tert-OH is 3. The number of rotatable bonds is 7. The van der Waals surface area contributed by atoms with E-state index < -0.39 is 55.0 Å². The summed E-state index contributed by atoms with van der Waals surface area (Å²) in [6, 6.07) is -1.16. The van der Waals surface area contributed by atoms with Crippen molar-refractivity contribution in [3.63, 3.8) is 0 Å². The average molecular weight is 322 g/mol. The van der Waals surface area contributed by atoms with Gasteiger partial charge in [-0.25, -0.2) is 0 Å². The standard InChI is InChI=1S/C12H22N2O8/c1-5-8(17)9(18)10(19)12(22-5)21-3-2-14-11(20)6(13)4-7(15)16/h5-6,8-10,12,17-19H,2-4,13H2,1H3,(H,14,20)(H,15,16)/t5-,6-,8+,9+,10-,12+/m0/s1. The third kappa shape index (κ3) is 5.16. The molecule has 10 nitrogen and oxygen atoms in total. The zero-order chi connectivity index (χ0) is 16.9. The Kier molecular flexibility index (Phi) is 7.13. The molecule has 0 aliphatic carbocycles. The van der Waals surface area contributed by atoms with Gasteiger partial charge in [0.25, 0.3) is 0 Å². The summed E-state index contributed by atoms with van der Waals surface area (Å²) >= 11 is 0. The van der Waals surface area contributed by atoms with Gasteiger partial charge in [-0.05, 0) is 6.92 Å². The number of nitrogens with one attached hydrogen (secondary N) is 1. The highest BCUT2D eigenvalue weighted by Gasteiger charge is 2.42. The van der Waals surface area contributed by atoms with E-state index in [1.54, 1.807) is 0 Å². The Morgan fingerprint density at radius 1 is 1.27 bits per heavy atom. The zero-order valence-corrected chi connectivity index (χ0v) is 12.1. The van der Waals surface area contributed by atoms with Crippen LogP contribution in [-0.4, -0.2) is 82.2 Å². The van der Waals surface area contributed by atoms with E-state index in [9.17, 15) is 24.9 Å². The van der Waals surface area contributed by atoms with Gasteiger partial charge in [0.05, 0.1) is 25.2 Å². The number of carboxylic acid groups (broad SMARTS) is 1. The summed E-state index contributed by atoms with van der Waals surface area (Å²) in [6.07, 6.45) is -6.38. The number of carboxylic acids is 1. The van der Waals surface area contributed by atoms with Crippen molar-refractivity contribution in [3.8, 4) is 0 Å². The third-order valence-electron chi connectivity index (χ3n) is 3.22. The molecule has 22 heavy (non-hydrogen) atoms. The lowest BCUT2D eigenvalue weighted by Gasteiger charge is -2.38. The van der Waals surface area contributed by atoms with E-state index in [1.807, 2.05) is 0 Å². The summed E-state index contributed by atoms with van der Waals surface area (Å²) in [7, 11) is 0. The molecule has 6 atom stereocenters. The minimum Gasteiger partial charge on any atom is -0.481 e. The van der Waals surface area contributed by atoms with Gasteiger partial charge in [0.15, 0.2) is 6.29 Å². The van der Waals surface area contributed by atoms with E-state index in [4.69, 9.17) is 20.3 Å². The number of hydrogen-bond acceptors (Lipinski definition) is 8. The van der Waals surface area contributed by atoms with E-state index in [1.165, 1.54) is 6.92 Å². The fraction of sp³-hybridized carbons (Fsp3) is 0.833. The summed E-state index contributed by atoms with van der Waals surface area (Å²) in [4.78, 5) is 21.8. The first-order valence-electron chi connectivity index (χ1n) is 6.80. The Morgan fingerprint density at radius 3 is 2.50 bits per heavy atom. The monoisotopic (exact) mass is 322 g/mol. The van der Waals surface area contributed by atoms with Crippen LogP contribution in [0.15, 0.2) is 0 Å². The largest absolute Gasteiger partial charge is 0.481 e. The van der Waals surface area contributed by atoms with Crippen LogP contribution >= 0.6 is 0 Å². The molecule has 0 aromatic carbocycles. The maximum Gasteiger partial charge on any atom is 0.305 e. The highest BCUT2D eigenvalue weighted by molar-refractivity contribution is 5.85. The van der Waals surface area contributed by atoms with Gasteiger partial charge in [-0.1, -0.05) is 0 Å². The Hall–Kier alpha value is -1.30. The predicted octanol–water partition coefficient (Wildman–Crippen LogP) is -3.25. The number of carbonyl (C=O) groups is 2. The van der Waals surface area contributed by atoms with Crippen LogP contribution in [0.5, 0.6) is 0 Å². The van der Waals surface area contributed by atoms with Crippen LogP contribution in [0.4, 0.5) is 0 Å². The van der Waals surface area contributed by atoms with Crippen LogP contribution in [0.3, 0.4) is 0 Å². The number of aliphatic hydroxyl groups is 3. The van der Waals surface area contributed by atoms with Gasteiger partial charge in [0, 0.05) is 6.54 Å². The molecule has 0 unspecified atom stereocenters. The molecule has 0 radical (unpaired) electrons. The zero-order valence-electron chi connectivity index (χ0n) is 12.1. The van der Waals surface area contributed by atoms with Gasteiger partial charge < -0.3 is 41.0 Å². The van der Waals surface area contributed by atoms with Crippen molar-refractivity contribution < 1.29 is 39.5 Å². The molecule has 0 saturated carbocycles. The van der Waals surface area contributed by atoms with Crippen LogP contribution in [0.25, 0.3) is 0 Å². The minimum absolute atomic E-state index is 0.0196. The van der Waals surface area contributed by atoms with Crippen LogP contribution in [0.2, 0.25) is 0 Å². The first-order chi connectivity index (χ1) is 10.2. The lowest BCUT2D eigenvalue weighted by Crippen LogP contribution is -2.57. The SMILES string of the molecule is C[C@@H]1O[C@@H](OCCNC(=O)[C@@H](N)CC(=O)O)[C@@H](O)[C@H](O)[C@@H]1O. The van der Waals surface area contributed by atoms with Gasteiger partial charge in [0.2, 0.25) is 5.91 Å². The first-order valence-corrected chi connectivity index (χ1v) is 6.80. The summed E-state index contributed by atoms with van der Waals surface area (Å²) in [5, 5.41) is 39.7. The van der Waals surface area contributed by atoms with E-state index in [0.717, 1.165) is 0 Å². The molecule has 128 valence electrons. The van der Waals surface area contributed by atoms with Gasteiger partial charge >= 0.3 is 5.97 Å². The van der Waals surface area contributed by atoms with Gasteiger partial charge in [-0.3, -0.25) is 9.59 Å². The van der Waals surface area contributed by atoms with Gasteiger partial charge in [-0.2, -0.15) is 0 Å². The molecule has 0 bridgehead atoms. The van der Waals surface area contributed by atoms with Crippen LogP contribution < -0.4 is 11.1 Å². The summed E-state index contributed by atoms with van der Waals surface area (Å²) in [5.41, 5.74) is 5.36. The molecule has 1 rings (SSSR count). The maximum absolute atomic E-state index is 11.4. The fourth-order valence-corrected chi connectivity index (χ4v) is 1.91. The summed E-state index contributed by atoms with van der Waals surface area (Å²) in [5.74, 6) is -1.82. The average Bonchev–Trinajstić information content (AvgIpc) is 2.45. The number of amides is 1. The van der Waals surface area contributed by atoms with Crippen LogP contribution in [0.1, 0.15) is 13.3 Å². The van der Waals surface area contributed by atoms with Crippen molar-refractivity contribution in [2.75, 3.05) is 13.2 Å². The molecule has 0 aromatic heterocycles. The maximum atomic E-state index is 11.4. The number of ether oxygens (including phenoxy) is 2. The molecule has 0 aromatic rings. The van der Waals surface area contributed by atoms with Crippen LogP contribution in [-0.2, 0) is 19.1 Å². The molecule has 7 N–H and O–H groups in total. The van der Waals surface area contributed by atoms with E-state index >= 15 is 0 Å². The lowest BCUT2D eigenvalue weighted by atomic mass is 10.0. The van der Waals surface area contributed by atoms with Gasteiger partial charge in [-0.15, -0.1) is 0 Å². The number of carbonyl (C=O) groups excluding carboxylic acids is 1. The molecule has 1 fully saturated rings. The molecule has 1 amide bonds. The second-order valence-electron chi connectivity index (χ2n) is 5.05.